The van der Waals surface area contributed by atoms with Crippen molar-refractivity contribution in [2.75, 3.05) is 17.6 Å². The van der Waals surface area contributed by atoms with Gasteiger partial charge in [0, 0.05) is 43.6 Å². The Labute approximate surface area is 311 Å². The quantitative estimate of drug-likeness (QED) is 0.123. The van der Waals surface area contributed by atoms with Crippen molar-refractivity contribution in [1.82, 2.24) is 13.9 Å². The fourth-order valence-electron chi connectivity index (χ4n) is 5.65. The topological polar surface area (TPSA) is 106 Å². The first kappa shape index (κ1) is 37.5. The highest BCUT2D eigenvalue weighted by atomic mass is 35.5. The van der Waals surface area contributed by atoms with Crippen molar-refractivity contribution in [3.05, 3.63) is 106 Å². The van der Waals surface area contributed by atoms with E-state index in [2.05, 4.69) is 19.6 Å². The number of ether oxygens (including phenoxy) is 1. The van der Waals surface area contributed by atoms with Gasteiger partial charge >= 0.3 is 17.3 Å². The summed E-state index contributed by atoms with van der Waals surface area (Å²) in [5.74, 6) is 0.275. The van der Waals surface area contributed by atoms with Gasteiger partial charge in [0.15, 0.2) is 0 Å². The maximum absolute atomic E-state index is 13.6. The number of hydrogen-bond acceptors (Lipinski definition) is 7. The Bertz CT molecular complexity index is 2050. The maximum Gasteiger partial charge on any atom is 0.494 e. The minimum atomic E-state index is -4.14. The van der Waals surface area contributed by atoms with Crippen molar-refractivity contribution in [1.29, 1.82) is 0 Å². The second-order valence-electron chi connectivity index (χ2n) is 15.1. The van der Waals surface area contributed by atoms with E-state index in [-0.39, 0.29) is 6.73 Å². The van der Waals surface area contributed by atoms with Gasteiger partial charge in [-0.25, -0.2) is 9.29 Å². The molecule has 0 bridgehead atoms. The number of nitrogens with zero attached hydrogens (tertiary/aromatic N) is 4. The second kappa shape index (κ2) is 13.9. The van der Waals surface area contributed by atoms with Crippen molar-refractivity contribution < 1.29 is 27.6 Å². The van der Waals surface area contributed by atoms with E-state index in [0.29, 0.717) is 51.5 Å². The highest BCUT2D eigenvalue weighted by Crippen LogP contribution is 2.37. The standard InChI is InChI=1S/C36H43BCl2N4O6SSi/c1-35(2)36(3,4)49-37(48-35)26-13-11-25(12-14-26)19-33-40-32(30-16-15-27(38)20-31(30)39)22-41(33)28-9-8-10-29(21-28)42-23-34(44)43(50(42,45)46)24-47-17-18-51(5,6)7/h8-16,20-23,44H,17-19,24H2,1-7H3. The van der Waals surface area contributed by atoms with Gasteiger partial charge in [0.2, 0.25) is 5.88 Å². The van der Waals surface area contributed by atoms with Gasteiger partial charge in [-0.15, -0.1) is 0 Å². The van der Waals surface area contributed by atoms with Gasteiger partial charge in [0.05, 0.1) is 33.8 Å². The van der Waals surface area contributed by atoms with Crippen LogP contribution < -0.4 is 9.77 Å². The Balaban J connectivity index is 1.30. The van der Waals surface area contributed by atoms with E-state index in [4.69, 9.17) is 42.2 Å². The number of rotatable bonds is 11. The Morgan fingerprint density at radius 3 is 2.25 bits per heavy atom. The fourth-order valence-corrected chi connectivity index (χ4v) is 8.23. The van der Waals surface area contributed by atoms with Gasteiger partial charge < -0.3 is 23.7 Å². The van der Waals surface area contributed by atoms with Crippen LogP contribution >= 0.6 is 23.2 Å². The zero-order valence-electron chi connectivity index (χ0n) is 29.9. The maximum atomic E-state index is 13.6. The summed E-state index contributed by atoms with van der Waals surface area (Å²) in [7, 11) is -5.99. The first-order chi connectivity index (χ1) is 23.8. The first-order valence-electron chi connectivity index (χ1n) is 16.7. The van der Waals surface area contributed by atoms with Crippen molar-refractivity contribution in [3.8, 4) is 16.9 Å². The molecule has 0 spiro atoms. The molecular weight excluding hydrogens is 726 g/mol. The molecule has 1 fully saturated rings. The summed E-state index contributed by atoms with van der Waals surface area (Å²) in [5.41, 5.74) is 3.34. The number of anilines is 1. The number of aliphatic hydroxyl groups is 1. The van der Waals surface area contributed by atoms with Crippen LogP contribution in [-0.4, -0.2) is 67.1 Å². The fraction of sp³-hybridized carbons (Fsp3) is 0.361. The number of aliphatic hydroxyl groups excluding tert-OH is 1. The predicted molar refractivity (Wildman–Crippen MR) is 207 cm³/mol. The zero-order chi connectivity index (χ0) is 36.9. The molecular formula is C36H43BCl2N4O6SSi. The third kappa shape index (κ3) is 7.90. The van der Waals surface area contributed by atoms with Crippen LogP contribution in [0.1, 0.15) is 39.1 Å². The van der Waals surface area contributed by atoms with Crippen molar-refractivity contribution >= 4 is 59.8 Å². The number of hydrogen-bond donors (Lipinski definition) is 1. The molecule has 0 radical (unpaired) electrons. The van der Waals surface area contributed by atoms with E-state index in [9.17, 15) is 13.5 Å². The highest BCUT2D eigenvalue weighted by Gasteiger charge is 2.51. The molecule has 0 amide bonds. The third-order valence-electron chi connectivity index (χ3n) is 9.44. The van der Waals surface area contributed by atoms with E-state index in [1.807, 2.05) is 74.9 Å². The Morgan fingerprint density at radius 1 is 0.941 bits per heavy atom. The molecule has 4 aromatic rings. The van der Waals surface area contributed by atoms with Crippen LogP contribution in [0.3, 0.4) is 0 Å². The molecule has 15 heteroatoms. The van der Waals surface area contributed by atoms with E-state index in [1.165, 1.54) is 6.20 Å². The Kier molecular flexibility index (Phi) is 10.2. The zero-order valence-corrected chi connectivity index (χ0v) is 33.2. The molecule has 0 unspecified atom stereocenters. The summed E-state index contributed by atoms with van der Waals surface area (Å²) in [6, 6.07) is 21.2. The monoisotopic (exact) mass is 768 g/mol. The van der Waals surface area contributed by atoms with E-state index in [1.54, 1.807) is 30.3 Å². The molecule has 6 rings (SSSR count). The second-order valence-corrected chi connectivity index (χ2v) is 23.2. The molecule has 0 aliphatic carbocycles. The number of halogens is 2. The lowest BCUT2D eigenvalue weighted by Crippen LogP contribution is -2.41. The van der Waals surface area contributed by atoms with Gasteiger partial charge in [-0.05, 0) is 81.2 Å². The summed E-state index contributed by atoms with van der Waals surface area (Å²) in [6.45, 7) is 14.9. The molecule has 1 aromatic heterocycles. The lowest BCUT2D eigenvalue weighted by molar-refractivity contribution is 0.00578. The van der Waals surface area contributed by atoms with Crippen LogP contribution in [0.4, 0.5) is 5.69 Å². The van der Waals surface area contributed by atoms with Crippen LogP contribution in [0.5, 0.6) is 0 Å². The largest absolute Gasteiger partial charge is 0.494 e. The summed E-state index contributed by atoms with van der Waals surface area (Å²) in [6.07, 6.45) is 3.50. The molecule has 0 atom stereocenters. The van der Waals surface area contributed by atoms with Crippen molar-refractivity contribution in [3.63, 3.8) is 0 Å². The van der Waals surface area contributed by atoms with Gasteiger partial charge in [-0.2, -0.15) is 12.7 Å². The highest BCUT2D eigenvalue weighted by molar-refractivity contribution is 7.91. The molecule has 1 N–H and O–H groups in total. The molecule has 2 aliphatic rings. The van der Waals surface area contributed by atoms with Gasteiger partial charge in [-0.3, -0.25) is 0 Å². The lowest BCUT2D eigenvalue weighted by atomic mass is 9.79. The van der Waals surface area contributed by atoms with Gasteiger partial charge in [0.25, 0.3) is 0 Å². The molecule has 270 valence electrons. The van der Waals surface area contributed by atoms with Crippen LogP contribution in [0, 0.1) is 0 Å². The smallest absolute Gasteiger partial charge is 0.493 e. The summed E-state index contributed by atoms with van der Waals surface area (Å²) < 4.78 is 49.2. The molecule has 1 saturated heterocycles. The summed E-state index contributed by atoms with van der Waals surface area (Å²) in [5, 5.41) is 11.6. The van der Waals surface area contributed by atoms with E-state index < -0.39 is 42.5 Å². The van der Waals surface area contributed by atoms with Gasteiger partial charge in [-0.1, -0.05) is 73.2 Å². The van der Waals surface area contributed by atoms with Crippen LogP contribution in [-0.2, 0) is 30.7 Å². The Morgan fingerprint density at radius 2 is 1.61 bits per heavy atom. The molecule has 10 nitrogen and oxygen atoms in total. The van der Waals surface area contributed by atoms with Crippen LogP contribution in [0.2, 0.25) is 35.7 Å². The van der Waals surface area contributed by atoms with Crippen molar-refractivity contribution in [2.45, 2.75) is 71.0 Å². The minimum Gasteiger partial charge on any atom is -0.493 e. The SMILES string of the molecule is CC1(C)OB(c2ccc(Cc3nc(-c4ccc(Cl)cc4Cl)cn3-c3cccc(N4C=C(O)N(COCC[Si](C)(C)C)S4(=O)=O)c3)cc2)OC1(C)C. The number of aromatic nitrogens is 2. The van der Waals surface area contributed by atoms with Gasteiger partial charge in [0.1, 0.15) is 12.6 Å². The summed E-state index contributed by atoms with van der Waals surface area (Å²) in [4.78, 5) is 5.00. The number of imidazole rings is 1. The van der Waals surface area contributed by atoms with E-state index in [0.717, 1.165) is 25.7 Å². The summed E-state index contributed by atoms with van der Waals surface area (Å²) >= 11 is 12.8. The molecule has 0 saturated carbocycles. The normalized spacial score (nSPS) is 18.1. The predicted octanol–water partition coefficient (Wildman–Crippen LogP) is 7.77. The van der Waals surface area contributed by atoms with Crippen LogP contribution in [0.15, 0.2) is 85.0 Å². The average Bonchev–Trinajstić information content (AvgIpc) is 3.62. The average molecular weight is 770 g/mol. The molecule has 51 heavy (non-hydrogen) atoms. The van der Waals surface area contributed by atoms with Crippen molar-refractivity contribution in [2.24, 2.45) is 0 Å². The minimum absolute atomic E-state index is 0.282. The van der Waals surface area contributed by atoms with E-state index >= 15 is 0 Å². The lowest BCUT2D eigenvalue weighted by Gasteiger charge is -2.32. The number of benzene rings is 3. The first-order valence-corrected chi connectivity index (χ1v) is 22.6. The van der Waals surface area contributed by atoms with Crippen LogP contribution in [0.25, 0.3) is 16.9 Å². The Hall–Kier alpha value is -3.30. The molecule has 3 heterocycles. The molecule has 3 aromatic carbocycles. The third-order valence-corrected chi connectivity index (χ3v) is 13.4. The molecule has 2 aliphatic heterocycles.